The van der Waals surface area contributed by atoms with Crippen LogP contribution in [0.15, 0.2) is 261 Å². The average molecular weight is 814 g/mol. The molecule has 11 aromatic carbocycles. The molecular weight excluding hydrogens is 771 g/mol. The van der Waals surface area contributed by atoms with Crippen molar-refractivity contribution >= 4 is 38.6 Å². The summed E-state index contributed by atoms with van der Waals surface area (Å²) in [6, 6.07) is 95.8. The maximum absolute atomic E-state index is 2.47. The molecule has 0 spiro atoms. The Morgan fingerprint density at radius 1 is 0.281 bits per heavy atom. The minimum absolute atomic E-state index is 0.509. The Morgan fingerprint density at radius 2 is 0.766 bits per heavy atom. The van der Waals surface area contributed by atoms with E-state index >= 15 is 0 Å². The molecule has 0 heterocycles. The Morgan fingerprint density at radius 3 is 1.45 bits per heavy atom. The highest BCUT2D eigenvalue weighted by Gasteiger charge is 2.47. The van der Waals surface area contributed by atoms with Gasteiger partial charge in [0.15, 0.2) is 0 Å². The van der Waals surface area contributed by atoms with Gasteiger partial charge in [-0.25, -0.2) is 0 Å². The van der Waals surface area contributed by atoms with E-state index in [9.17, 15) is 0 Å². The molecule has 300 valence electrons. The second-order valence-corrected chi connectivity index (χ2v) is 16.8. The van der Waals surface area contributed by atoms with Crippen LogP contribution in [0.3, 0.4) is 0 Å². The summed E-state index contributed by atoms with van der Waals surface area (Å²) in [5, 5.41) is 4.99. The Kier molecular flexibility index (Phi) is 9.13. The van der Waals surface area contributed by atoms with Crippen LogP contribution in [0.25, 0.3) is 66.1 Å². The molecule has 11 aromatic rings. The van der Waals surface area contributed by atoms with Crippen molar-refractivity contribution in [1.29, 1.82) is 0 Å². The lowest BCUT2D eigenvalue weighted by Crippen LogP contribution is -2.28. The standard InChI is InChI=1S/C63H43N/c1-4-18-46(19-5-1)58-43-49(42-48-21-11-13-28-56(48)58)44-34-38-52(39-35-44)64(53-40-36-47(37-41-53)55-30-16-22-45-20-10-12-27-54(45)55)61-33-17-32-60-62(61)57-29-14-15-31-59(57)63(60,50-23-6-2-7-24-50)51-25-8-3-9-26-51/h1-43H. The van der Waals surface area contributed by atoms with Gasteiger partial charge in [0.2, 0.25) is 0 Å². The zero-order valence-corrected chi connectivity index (χ0v) is 35.3. The first kappa shape index (κ1) is 37.5. The lowest BCUT2D eigenvalue weighted by Gasteiger charge is -2.34. The molecule has 0 radical (unpaired) electrons. The van der Waals surface area contributed by atoms with E-state index in [4.69, 9.17) is 0 Å². The van der Waals surface area contributed by atoms with Crippen molar-refractivity contribution in [2.45, 2.75) is 5.41 Å². The minimum Gasteiger partial charge on any atom is -0.310 e. The van der Waals surface area contributed by atoms with Crippen LogP contribution in [0, 0.1) is 0 Å². The molecule has 0 amide bonds. The van der Waals surface area contributed by atoms with Crippen LogP contribution in [0.1, 0.15) is 22.3 Å². The molecule has 1 aliphatic rings. The van der Waals surface area contributed by atoms with Gasteiger partial charge in [0.25, 0.3) is 0 Å². The van der Waals surface area contributed by atoms with Gasteiger partial charge >= 0.3 is 0 Å². The fraction of sp³-hybridized carbons (Fsp3) is 0.0159. The highest BCUT2D eigenvalue weighted by atomic mass is 15.1. The SMILES string of the molecule is c1ccc(-c2cc(-c3ccc(N(c4ccc(-c5cccc6ccccc56)cc4)c4cccc5c4-c4ccccc4C5(c4ccccc4)c4ccccc4)cc3)cc3ccccc23)cc1. The normalized spacial score (nSPS) is 12.5. The number of hydrogen-bond acceptors (Lipinski definition) is 1. The number of rotatable bonds is 8. The molecule has 0 aromatic heterocycles. The van der Waals surface area contributed by atoms with E-state index in [-0.39, 0.29) is 0 Å². The first-order valence-corrected chi connectivity index (χ1v) is 22.2. The van der Waals surface area contributed by atoms with Crippen LogP contribution in [-0.2, 0) is 5.41 Å². The molecule has 0 aliphatic heterocycles. The van der Waals surface area contributed by atoms with Gasteiger partial charge in [0.05, 0.1) is 11.1 Å². The summed E-state index contributed by atoms with van der Waals surface area (Å²) in [7, 11) is 0. The van der Waals surface area contributed by atoms with Crippen LogP contribution >= 0.6 is 0 Å². The Bertz CT molecular complexity index is 3420. The fourth-order valence-corrected chi connectivity index (χ4v) is 10.5. The predicted molar refractivity (Wildman–Crippen MR) is 270 cm³/mol. The van der Waals surface area contributed by atoms with E-state index in [2.05, 4.69) is 266 Å². The molecule has 0 saturated carbocycles. The Balaban J connectivity index is 1.06. The number of benzene rings is 11. The maximum Gasteiger partial charge on any atom is 0.0714 e. The lowest BCUT2D eigenvalue weighted by atomic mass is 9.68. The molecule has 0 atom stereocenters. The molecule has 1 heteroatoms. The first-order valence-electron chi connectivity index (χ1n) is 22.2. The molecule has 0 unspecified atom stereocenters. The number of hydrogen-bond donors (Lipinski definition) is 0. The summed E-state index contributed by atoms with van der Waals surface area (Å²) in [5.74, 6) is 0. The van der Waals surface area contributed by atoms with Crippen LogP contribution in [0.2, 0.25) is 0 Å². The Hall–Kier alpha value is -8.26. The van der Waals surface area contributed by atoms with Crippen molar-refractivity contribution in [3.8, 4) is 44.5 Å². The quantitative estimate of drug-likeness (QED) is 0.148. The monoisotopic (exact) mass is 813 g/mol. The van der Waals surface area contributed by atoms with E-state index in [0.29, 0.717) is 0 Å². The summed E-state index contributed by atoms with van der Waals surface area (Å²) >= 11 is 0. The highest BCUT2D eigenvalue weighted by Crippen LogP contribution is 2.59. The number of anilines is 3. The molecule has 12 rings (SSSR count). The fourth-order valence-electron chi connectivity index (χ4n) is 10.5. The zero-order chi connectivity index (χ0) is 42.5. The van der Waals surface area contributed by atoms with Crippen molar-refractivity contribution in [2.24, 2.45) is 0 Å². The third kappa shape index (κ3) is 6.08. The summed E-state index contributed by atoms with van der Waals surface area (Å²) < 4.78 is 0. The van der Waals surface area contributed by atoms with Gasteiger partial charge < -0.3 is 4.90 Å². The molecule has 0 fully saturated rings. The van der Waals surface area contributed by atoms with Crippen molar-refractivity contribution in [2.75, 3.05) is 4.90 Å². The topological polar surface area (TPSA) is 3.24 Å². The average Bonchev–Trinajstić information content (AvgIpc) is 3.69. The molecule has 0 saturated heterocycles. The largest absolute Gasteiger partial charge is 0.310 e. The van der Waals surface area contributed by atoms with E-state index in [1.807, 2.05) is 0 Å². The smallest absolute Gasteiger partial charge is 0.0714 e. The molecule has 0 N–H and O–H groups in total. The van der Waals surface area contributed by atoms with Gasteiger partial charge in [-0.05, 0) is 125 Å². The van der Waals surface area contributed by atoms with E-state index < -0.39 is 5.41 Å². The van der Waals surface area contributed by atoms with Gasteiger partial charge in [0, 0.05) is 16.9 Å². The van der Waals surface area contributed by atoms with E-state index in [1.54, 1.807) is 0 Å². The predicted octanol–water partition coefficient (Wildman–Crippen LogP) is 16.8. The lowest BCUT2D eigenvalue weighted by molar-refractivity contribution is 0.768. The maximum atomic E-state index is 2.47. The van der Waals surface area contributed by atoms with Crippen LogP contribution in [0.5, 0.6) is 0 Å². The third-order valence-corrected chi connectivity index (χ3v) is 13.3. The van der Waals surface area contributed by atoms with Gasteiger partial charge in [-0.15, -0.1) is 0 Å². The van der Waals surface area contributed by atoms with Crippen LogP contribution < -0.4 is 4.90 Å². The number of fused-ring (bicyclic) bond motifs is 5. The van der Waals surface area contributed by atoms with Crippen molar-refractivity contribution in [1.82, 2.24) is 0 Å². The second kappa shape index (κ2) is 15.6. The van der Waals surface area contributed by atoms with Gasteiger partial charge in [-0.2, -0.15) is 0 Å². The molecule has 0 bridgehead atoms. The molecular formula is C63H43N. The van der Waals surface area contributed by atoms with Crippen molar-refractivity contribution < 1.29 is 0 Å². The van der Waals surface area contributed by atoms with Crippen LogP contribution in [-0.4, -0.2) is 0 Å². The highest BCUT2D eigenvalue weighted by molar-refractivity contribution is 6.02. The van der Waals surface area contributed by atoms with E-state index in [0.717, 1.165) is 17.1 Å². The van der Waals surface area contributed by atoms with Gasteiger partial charge in [-0.1, -0.05) is 218 Å². The Labute approximate surface area is 374 Å². The summed E-state index contributed by atoms with van der Waals surface area (Å²) in [5.41, 5.74) is 17.6. The number of nitrogens with zero attached hydrogens (tertiary/aromatic N) is 1. The zero-order valence-electron chi connectivity index (χ0n) is 35.3. The molecule has 1 nitrogen and oxygen atoms in total. The second-order valence-electron chi connectivity index (χ2n) is 16.8. The third-order valence-electron chi connectivity index (χ3n) is 13.3. The van der Waals surface area contributed by atoms with E-state index in [1.165, 1.54) is 88.3 Å². The molecule has 1 aliphatic carbocycles. The van der Waals surface area contributed by atoms with Crippen LogP contribution in [0.4, 0.5) is 17.1 Å². The van der Waals surface area contributed by atoms with Gasteiger partial charge in [0.1, 0.15) is 0 Å². The first-order chi connectivity index (χ1) is 31.8. The summed E-state index contributed by atoms with van der Waals surface area (Å²) in [4.78, 5) is 2.47. The van der Waals surface area contributed by atoms with Crippen molar-refractivity contribution in [3.05, 3.63) is 283 Å². The van der Waals surface area contributed by atoms with Crippen molar-refractivity contribution in [3.63, 3.8) is 0 Å². The minimum atomic E-state index is -0.509. The summed E-state index contributed by atoms with van der Waals surface area (Å²) in [6.45, 7) is 0. The summed E-state index contributed by atoms with van der Waals surface area (Å²) in [6.07, 6.45) is 0. The van der Waals surface area contributed by atoms with Gasteiger partial charge in [-0.3, -0.25) is 0 Å². The molecule has 64 heavy (non-hydrogen) atoms.